The number of aryl methyl sites for hydroxylation is 2. The predicted octanol–water partition coefficient (Wildman–Crippen LogP) is 4.78. The third kappa shape index (κ3) is 3.66. The average molecular weight is 387 g/mol. The van der Waals surface area contributed by atoms with Crippen LogP contribution in [0.2, 0.25) is 5.02 Å². The average Bonchev–Trinajstić information content (AvgIpc) is 3.02. The number of aromatic amines is 1. The smallest absolute Gasteiger partial charge is 0.336 e. The predicted molar refractivity (Wildman–Crippen MR) is 109 cm³/mol. The zero-order valence-corrected chi connectivity index (χ0v) is 16.2. The molecule has 0 atom stereocenters. The number of aromatic carboxylic acids is 1. The zero-order valence-electron chi connectivity index (χ0n) is 15.4. The van der Waals surface area contributed by atoms with E-state index in [0.29, 0.717) is 29.3 Å². The summed E-state index contributed by atoms with van der Waals surface area (Å²) in [5.41, 5.74) is 10.4. The first kappa shape index (κ1) is 19.3. The molecule has 0 bridgehead atoms. The van der Waals surface area contributed by atoms with Crippen LogP contribution in [0.25, 0.3) is 22.2 Å². The number of halogens is 1. The lowest BCUT2D eigenvalue weighted by Gasteiger charge is -2.11. The summed E-state index contributed by atoms with van der Waals surface area (Å²) in [5, 5.41) is 11.1. The van der Waals surface area contributed by atoms with Crippen LogP contribution in [0, 0.1) is 6.92 Å². The van der Waals surface area contributed by atoms with Crippen molar-refractivity contribution in [2.24, 2.45) is 5.73 Å². The van der Waals surface area contributed by atoms with E-state index in [9.17, 15) is 9.90 Å². The number of methoxy groups -OCH3 is 1. The topological polar surface area (TPSA) is 88.3 Å². The first-order valence-electron chi connectivity index (χ1n) is 8.89. The second kappa shape index (κ2) is 8.03. The lowest BCUT2D eigenvalue weighted by Crippen LogP contribution is -2.01. The summed E-state index contributed by atoms with van der Waals surface area (Å²) in [6.45, 7) is 2.57. The lowest BCUT2D eigenvalue weighted by atomic mass is 9.96. The Balaban J connectivity index is 2.33. The van der Waals surface area contributed by atoms with Crippen molar-refractivity contribution in [2.75, 3.05) is 13.7 Å². The fourth-order valence-electron chi connectivity index (χ4n) is 3.49. The van der Waals surface area contributed by atoms with Crippen molar-refractivity contribution in [1.82, 2.24) is 4.98 Å². The fraction of sp³-hybridized carbons (Fsp3) is 0.286. The zero-order chi connectivity index (χ0) is 19.6. The SMILES string of the molecule is COc1ccc(Cl)cc1-c1[nH]c2c(C)ccc(C(=O)O)c2c1CCCCN. The number of H-pyrrole nitrogens is 1. The number of rotatable bonds is 7. The van der Waals surface area contributed by atoms with Crippen molar-refractivity contribution in [3.8, 4) is 17.0 Å². The minimum atomic E-state index is -0.941. The van der Waals surface area contributed by atoms with E-state index >= 15 is 0 Å². The summed E-state index contributed by atoms with van der Waals surface area (Å²) >= 11 is 6.23. The molecule has 0 amide bonds. The van der Waals surface area contributed by atoms with E-state index < -0.39 is 5.97 Å². The summed E-state index contributed by atoms with van der Waals surface area (Å²) in [6, 6.07) is 8.92. The standard InChI is InChI=1S/C21H23ClN2O3/c1-12-6-8-15(21(25)26)18-14(5-3-4-10-23)20(24-19(12)18)16-11-13(22)7-9-17(16)27-2/h6-9,11,24H,3-5,10,23H2,1-2H3,(H,25,26). The molecule has 3 aromatic rings. The Bertz CT molecular complexity index is 995. The molecular formula is C21H23ClN2O3. The van der Waals surface area contributed by atoms with Crippen LogP contribution in [0.1, 0.15) is 34.3 Å². The lowest BCUT2D eigenvalue weighted by molar-refractivity contribution is 0.0699. The summed E-state index contributed by atoms with van der Waals surface area (Å²) in [4.78, 5) is 15.3. The molecule has 2 aromatic carbocycles. The molecule has 4 N–H and O–H groups in total. The first-order valence-corrected chi connectivity index (χ1v) is 9.27. The van der Waals surface area contributed by atoms with E-state index in [1.54, 1.807) is 19.2 Å². The van der Waals surface area contributed by atoms with Gasteiger partial charge in [-0.25, -0.2) is 4.79 Å². The molecule has 0 aliphatic rings. The number of aromatic nitrogens is 1. The number of nitrogens with two attached hydrogens (primary N) is 1. The van der Waals surface area contributed by atoms with Crippen LogP contribution in [0.3, 0.4) is 0 Å². The van der Waals surface area contributed by atoms with E-state index in [1.165, 1.54) is 0 Å². The molecule has 1 aromatic heterocycles. The van der Waals surface area contributed by atoms with Gasteiger partial charge in [0.2, 0.25) is 0 Å². The number of ether oxygens (including phenoxy) is 1. The Morgan fingerprint density at radius 1 is 1.26 bits per heavy atom. The van der Waals surface area contributed by atoms with Gasteiger partial charge in [0, 0.05) is 21.5 Å². The maximum Gasteiger partial charge on any atom is 0.336 e. The van der Waals surface area contributed by atoms with Crippen molar-refractivity contribution in [2.45, 2.75) is 26.2 Å². The molecule has 0 spiro atoms. The molecule has 27 heavy (non-hydrogen) atoms. The van der Waals surface area contributed by atoms with Gasteiger partial charge >= 0.3 is 5.97 Å². The van der Waals surface area contributed by atoms with Gasteiger partial charge in [0.05, 0.1) is 18.4 Å². The van der Waals surface area contributed by atoms with Gasteiger partial charge < -0.3 is 20.6 Å². The van der Waals surface area contributed by atoms with Crippen molar-refractivity contribution < 1.29 is 14.6 Å². The third-order valence-electron chi connectivity index (χ3n) is 4.81. The van der Waals surface area contributed by atoms with Crippen LogP contribution in [0.15, 0.2) is 30.3 Å². The largest absolute Gasteiger partial charge is 0.496 e. The molecule has 1 heterocycles. The molecule has 0 saturated heterocycles. The monoisotopic (exact) mass is 386 g/mol. The molecular weight excluding hydrogens is 364 g/mol. The quantitative estimate of drug-likeness (QED) is 0.509. The number of carboxylic acid groups (broad SMARTS) is 1. The minimum absolute atomic E-state index is 0.293. The van der Waals surface area contributed by atoms with Crippen molar-refractivity contribution in [3.63, 3.8) is 0 Å². The van der Waals surface area contributed by atoms with Crippen LogP contribution in [-0.4, -0.2) is 29.7 Å². The molecule has 0 unspecified atom stereocenters. The number of hydrogen-bond acceptors (Lipinski definition) is 3. The van der Waals surface area contributed by atoms with Crippen molar-refractivity contribution in [3.05, 3.63) is 52.0 Å². The number of carboxylic acids is 1. The van der Waals surface area contributed by atoms with Crippen LogP contribution in [0.4, 0.5) is 0 Å². The van der Waals surface area contributed by atoms with Crippen molar-refractivity contribution in [1.29, 1.82) is 0 Å². The number of benzene rings is 2. The van der Waals surface area contributed by atoms with Gasteiger partial charge in [-0.05, 0) is 68.1 Å². The molecule has 142 valence electrons. The van der Waals surface area contributed by atoms with Crippen molar-refractivity contribution >= 4 is 28.5 Å². The second-order valence-electron chi connectivity index (χ2n) is 6.55. The highest BCUT2D eigenvalue weighted by Gasteiger charge is 2.22. The highest BCUT2D eigenvalue weighted by Crippen LogP contribution is 2.40. The summed E-state index contributed by atoms with van der Waals surface area (Å²) in [7, 11) is 1.61. The molecule has 0 radical (unpaired) electrons. The van der Waals surface area contributed by atoms with Gasteiger partial charge in [-0.2, -0.15) is 0 Å². The van der Waals surface area contributed by atoms with E-state index in [2.05, 4.69) is 4.98 Å². The minimum Gasteiger partial charge on any atom is -0.496 e. The van der Waals surface area contributed by atoms with Gasteiger partial charge in [0.1, 0.15) is 5.75 Å². The van der Waals surface area contributed by atoms with Gasteiger partial charge in [0.15, 0.2) is 0 Å². The normalized spacial score (nSPS) is 11.1. The number of nitrogens with one attached hydrogen (secondary N) is 1. The highest BCUT2D eigenvalue weighted by molar-refractivity contribution is 6.31. The summed E-state index contributed by atoms with van der Waals surface area (Å²) in [5.74, 6) is -0.260. The van der Waals surface area contributed by atoms with Gasteiger partial charge in [-0.1, -0.05) is 17.7 Å². The van der Waals surface area contributed by atoms with Gasteiger partial charge in [-0.3, -0.25) is 0 Å². The highest BCUT2D eigenvalue weighted by atomic mass is 35.5. The molecule has 0 aliphatic carbocycles. The Hall–Kier alpha value is -2.50. The first-order chi connectivity index (χ1) is 13.0. The molecule has 0 fully saturated rings. The molecule has 6 heteroatoms. The van der Waals surface area contributed by atoms with Crippen LogP contribution < -0.4 is 10.5 Å². The maximum absolute atomic E-state index is 11.9. The number of unbranched alkanes of at least 4 members (excludes halogenated alkanes) is 1. The Labute approximate surface area is 163 Å². The van der Waals surface area contributed by atoms with Crippen LogP contribution in [0.5, 0.6) is 5.75 Å². The fourth-order valence-corrected chi connectivity index (χ4v) is 3.66. The Morgan fingerprint density at radius 3 is 2.70 bits per heavy atom. The summed E-state index contributed by atoms with van der Waals surface area (Å²) in [6.07, 6.45) is 2.45. The number of fused-ring (bicyclic) bond motifs is 1. The second-order valence-corrected chi connectivity index (χ2v) is 6.99. The molecule has 5 nitrogen and oxygen atoms in total. The van der Waals surface area contributed by atoms with Gasteiger partial charge in [-0.15, -0.1) is 0 Å². The third-order valence-corrected chi connectivity index (χ3v) is 5.04. The van der Waals surface area contributed by atoms with Gasteiger partial charge in [0.25, 0.3) is 0 Å². The Kier molecular flexibility index (Phi) is 5.73. The van der Waals surface area contributed by atoms with E-state index in [4.69, 9.17) is 22.1 Å². The van der Waals surface area contributed by atoms with E-state index in [0.717, 1.165) is 46.1 Å². The molecule has 0 saturated carbocycles. The van der Waals surface area contributed by atoms with E-state index in [-0.39, 0.29) is 0 Å². The maximum atomic E-state index is 11.9. The Morgan fingerprint density at radius 2 is 2.04 bits per heavy atom. The molecule has 3 rings (SSSR count). The van der Waals surface area contributed by atoms with E-state index in [1.807, 2.05) is 25.1 Å². The molecule has 0 aliphatic heterocycles. The van der Waals surface area contributed by atoms with Crippen LogP contribution >= 0.6 is 11.6 Å². The van der Waals surface area contributed by atoms with Crippen LogP contribution in [-0.2, 0) is 6.42 Å². The number of carbonyl (C=O) groups is 1. The summed E-state index contributed by atoms with van der Waals surface area (Å²) < 4.78 is 5.52. The number of hydrogen-bond donors (Lipinski definition) is 3.